The van der Waals surface area contributed by atoms with Crippen LogP contribution in [0.4, 0.5) is 35.9 Å². The van der Waals surface area contributed by atoms with Crippen LogP contribution in [0, 0.1) is 0 Å². The number of para-hydroxylation sites is 1. The molecule has 1 amide bonds. The Morgan fingerprint density at radius 3 is 2.54 bits per heavy atom. The number of nitrogens with one attached hydrogen (secondary N) is 3. The Bertz CT molecular complexity index is 1230. The molecule has 2 unspecified atom stereocenters. The molecule has 0 spiro atoms. The highest BCUT2D eigenvalue weighted by Gasteiger charge is 2.48. The molecule has 10 heteroatoms. The highest BCUT2D eigenvalue weighted by molar-refractivity contribution is 7.99. The monoisotopic (exact) mass is 499 g/mol. The third kappa shape index (κ3) is 4.95. The molecule has 35 heavy (non-hydrogen) atoms. The minimum Gasteiger partial charge on any atom is -0.354 e. The Hall–Kier alpha value is -3.21. The van der Waals surface area contributed by atoms with Crippen molar-refractivity contribution in [1.29, 1.82) is 0 Å². The highest BCUT2D eigenvalue weighted by Crippen LogP contribution is 2.46. The maximum absolute atomic E-state index is 13.7. The molecule has 5 rings (SSSR count). The van der Waals surface area contributed by atoms with E-state index >= 15 is 0 Å². The first kappa shape index (κ1) is 23.5. The largest absolute Gasteiger partial charge is 0.405 e. The summed E-state index contributed by atoms with van der Waals surface area (Å²) >= 11 is 1.63. The highest BCUT2D eigenvalue weighted by atomic mass is 32.2. The van der Waals surface area contributed by atoms with Crippen molar-refractivity contribution in [2.45, 2.75) is 40.9 Å². The number of halogens is 3. The first-order chi connectivity index (χ1) is 16.8. The number of nitrogens with two attached hydrogens (primary N) is 1. The lowest BCUT2D eigenvalue weighted by atomic mass is 10.00. The van der Waals surface area contributed by atoms with E-state index in [4.69, 9.17) is 5.73 Å². The van der Waals surface area contributed by atoms with Crippen molar-refractivity contribution in [3.8, 4) is 0 Å². The van der Waals surface area contributed by atoms with E-state index in [1.54, 1.807) is 41.0 Å². The predicted octanol–water partition coefficient (Wildman–Crippen LogP) is 5.57. The molecule has 0 aliphatic carbocycles. The molecule has 6 nitrogen and oxygen atoms in total. The van der Waals surface area contributed by atoms with Gasteiger partial charge in [0.05, 0.1) is 23.1 Å². The summed E-state index contributed by atoms with van der Waals surface area (Å²) in [6.45, 7) is 0.238. The van der Waals surface area contributed by atoms with Crippen LogP contribution in [0.15, 0.2) is 76.5 Å². The van der Waals surface area contributed by atoms with Gasteiger partial charge in [-0.25, -0.2) is 5.43 Å². The summed E-state index contributed by atoms with van der Waals surface area (Å²) in [5.74, 6) is -0.212. The number of amides is 1. The molecule has 0 saturated carbocycles. The van der Waals surface area contributed by atoms with Crippen LogP contribution in [0.3, 0.4) is 0 Å². The molecule has 2 heterocycles. The number of benzene rings is 3. The van der Waals surface area contributed by atoms with Crippen LogP contribution < -0.4 is 26.8 Å². The van der Waals surface area contributed by atoms with Gasteiger partial charge in [0.25, 0.3) is 0 Å². The van der Waals surface area contributed by atoms with E-state index in [2.05, 4.69) is 16.1 Å². The second kappa shape index (κ2) is 9.44. The Morgan fingerprint density at radius 2 is 1.80 bits per heavy atom. The van der Waals surface area contributed by atoms with Gasteiger partial charge in [-0.15, -0.1) is 0 Å². The Kier molecular flexibility index (Phi) is 6.35. The molecule has 1 saturated heterocycles. The third-order valence-electron chi connectivity index (χ3n) is 6.03. The van der Waals surface area contributed by atoms with Crippen molar-refractivity contribution in [2.24, 2.45) is 5.73 Å². The topological polar surface area (TPSA) is 82.4 Å². The van der Waals surface area contributed by atoms with Gasteiger partial charge in [0, 0.05) is 28.4 Å². The molecule has 182 valence electrons. The fourth-order valence-electron chi connectivity index (χ4n) is 4.31. The minimum absolute atomic E-state index is 0.124. The quantitative estimate of drug-likeness (QED) is 0.288. The van der Waals surface area contributed by atoms with Crippen molar-refractivity contribution in [2.75, 3.05) is 22.2 Å². The molecule has 3 aromatic carbocycles. The lowest BCUT2D eigenvalue weighted by molar-refractivity contribution is -0.152. The molecule has 0 aromatic heterocycles. The standard InChI is InChI=1S/C25H24F3N5OS/c26-25(27,28)23-14-20(33(32-23)17-8-6-16(7-9-17)30-24(34)11-12-29)15-5-10-22-19(13-15)31-18-3-1-2-4-21(18)35-22/h1-10,13,20,23,31-32H,11-12,14,29H2,(H,30,34). The van der Waals surface area contributed by atoms with E-state index in [0.29, 0.717) is 11.4 Å². The van der Waals surface area contributed by atoms with Gasteiger partial charge in [-0.3, -0.25) is 4.79 Å². The van der Waals surface area contributed by atoms with E-state index in [1.807, 2.05) is 42.5 Å². The number of hydrogen-bond donors (Lipinski definition) is 4. The SMILES string of the molecule is NCCC(=O)Nc1ccc(N2NC(C(F)(F)F)CC2c2ccc3c(c2)Nc2ccccc2S3)cc1. The fraction of sp³-hybridized carbons (Fsp3) is 0.240. The number of hydrogen-bond acceptors (Lipinski definition) is 6. The van der Waals surface area contributed by atoms with Crippen LogP contribution in [0.2, 0.25) is 0 Å². The molecule has 2 atom stereocenters. The first-order valence-electron chi connectivity index (χ1n) is 11.2. The fourth-order valence-corrected chi connectivity index (χ4v) is 5.28. The van der Waals surface area contributed by atoms with Crippen molar-refractivity contribution in [1.82, 2.24) is 5.43 Å². The number of rotatable bonds is 5. The third-order valence-corrected chi connectivity index (χ3v) is 7.18. The van der Waals surface area contributed by atoms with Gasteiger partial charge in [-0.05, 0) is 60.5 Å². The van der Waals surface area contributed by atoms with Gasteiger partial charge in [0.15, 0.2) is 0 Å². The maximum Gasteiger partial charge on any atom is 0.405 e. The van der Waals surface area contributed by atoms with Crippen LogP contribution in [-0.4, -0.2) is 24.7 Å². The van der Waals surface area contributed by atoms with Crippen molar-refractivity contribution in [3.05, 3.63) is 72.3 Å². The maximum atomic E-state index is 13.7. The Morgan fingerprint density at radius 1 is 1.06 bits per heavy atom. The zero-order chi connectivity index (χ0) is 24.6. The molecular formula is C25H24F3N5OS. The predicted molar refractivity (Wildman–Crippen MR) is 132 cm³/mol. The number of nitrogens with zero attached hydrogens (tertiary/aromatic N) is 1. The van der Waals surface area contributed by atoms with E-state index in [-0.39, 0.29) is 25.3 Å². The summed E-state index contributed by atoms with van der Waals surface area (Å²) in [4.78, 5) is 13.9. The number of carbonyl (C=O) groups excluding carboxylic acids is 1. The summed E-state index contributed by atoms with van der Waals surface area (Å²) in [5, 5.41) is 7.70. The molecule has 0 radical (unpaired) electrons. The normalized spacial score (nSPS) is 19.0. The number of fused-ring (bicyclic) bond motifs is 2. The lowest BCUT2D eigenvalue weighted by Gasteiger charge is -2.28. The second-order valence-electron chi connectivity index (χ2n) is 8.46. The van der Waals surface area contributed by atoms with Crippen LogP contribution in [-0.2, 0) is 4.79 Å². The zero-order valence-corrected chi connectivity index (χ0v) is 19.4. The van der Waals surface area contributed by atoms with E-state index in [0.717, 1.165) is 26.7 Å². The van der Waals surface area contributed by atoms with Gasteiger partial charge < -0.3 is 21.4 Å². The zero-order valence-electron chi connectivity index (χ0n) is 18.6. The molecule has 2 aliphatic heterocycles. The average molecular weight is 500 g/mol. The second-order valence-corrected chi connectivity index (χ2v) is 9.54. The average Bonchev–Trinajstić information content (AvgIpc) is 3.29. The van der Waals surface area contributed by atoms with Crippen LogP contribution >= 0.6 is 11.8 Å². The van der Waals surface area contributed by atoms with Crippen LogP contribution in [0.5, 0.6) is 0 Å². The number of anilines is 4. The van der Waals surface area contributed by atoms with E-state index < -0.39 is 18.3 Å². The number of hydrazine groups is 1. The van der Waals surface area contributed by atoms with Gasteiger partial charge >= 0.3 is 6.18 Å². The first-order valence-corrected chi connectivity index (χ1v) is 12.0. The minimum atomic E-state index is -4.38. The Balaban J connectivity index is 1.42. The lowest BCUT2D eigenvalue weighted by Crippen LogP contribution is -2.43. The number of alkyl halides is 3. The molecule has 2 aliphatic rings. The summed E-state index contributed by atoms with van der Waals surface area (Å²) in [6.07, 6.45) is -4.31. The van der Waals surface area contributed by atoms with Crippen LogP contribution in [0.25, 0.3) is 0 Å². The molecule has 3 aromatic rings. The summed E-state index contributed by atoms with van der Waals surface area (Å²) in [5.41, 5.74) is 11.8. The van der Waals surface area contributed by atoms with Crippen molar-refractivity contribution >= 4 is 40.4 Å². The summed E-state index contributed by atoms with van der Waals surface area (Å²) in [6, 6.07) is 18.2. The van der Waals surface area contributed by atoms with Crippen molar-refractivity contribution in [3.63, 3.8) is 0 Å². The molecular weight excluding hydrogens is 475 g/mol. The molecule has 1 fully saturated rings. The number of carbonyl (C=O) groups is 1. The van der Waals surface area contributed by atoms with E-state index in [9.17, 15) is 18.0 Å². The van der Waals surface area contributed by atoms with Gasteiger partial charge in [0.1, 0.15) is 6.04 Å². The molecule has 5 N–H and O–H groups in total. The smallest absolute Gasteiger partial charge is 0.354 e. The summed E-state index contributed by atoms with van der Waals surface area (Å²) < 4.78 is 41.1. The van der Waals surface area contributed by atoms with Crippen molar-refractivity contribution < 1.29 is 18.0 Å². The molecule has 0 bridgehead atoms. The van der Waals surface area contributed by atoms with E-state index in [1.165, 1.54) is 0 Å². The van der Waals surface area contributed by atoms with Gasteiger partial charge in [-0.1, -0.05) is 30.0 Å². The van der Waals surface area contributed by atoms with Gasteiger partial charge in [0.2, 0.25) is 5.91 Å². The van der Waals surface area contributed by atoms with Crippen LogP contribution in [0.1, 0.15) is 24.4 Å². The summed E-state index contributed by atoms with van der Waals surface area (Å²) in [7, 11) is 0. The Labute approximate surface area is 205 Å². The van der Waals surface area contributed by atoms with Gasteiger partial charge in [-0.2, -0.15) is 13.2 Å².